The number of para-hydroxylation sites is 1. The first kappa shape index (κ1) is 12.9. The molecule has 1 aromatic heterocycles. The molecule has 0 N–H and O–H groups in total. The summed E-state index contributed by atoms with van der Waals surface area (Å²) < 4.78 is 21.4. The first-order valence-electron chi connectivity index (χ1n) is 6.46. The van der Waals surface area contributed by atoms with E-state index in [9.17, 15) is 4.39 Å². The number of hydrogen-bond acceptors (Lipinski definition) is 2. The number of ether oxygens (including phenoxy) is 1. The molecule has 102 valence electrons. The Morgan fingerprint density at radius 3 is 2.84 bits per heavy atom. The zero-order chi connectivity index (χ0) is 13.5. The summed E-state index contributed by atoms with van der Waals surface area (Å²) in [6, 6.07) is 5.06. The molecule has 0 atom stereocenters. The molecule has 3 nitrogen and oxygen atoms in total. The van der Waals surface area contributed by atoms with Gasteiger partial charge in [-0.3, -0.25) is 0 Å². The van der Waals surface area contributed by atoms with E-state index in [4.69, 9.17) is 16.3 Å². The number of imidazole rings is 1. The monoisotopic (exact) mass is 282 g/mol. The van der Waals surface area contributed by atoms with Crippen molar-refractivity contribution < 1.29 is 9.13 Å². The summed E-state index contributed by atoms with van der Waals surface area (Å²) in [7, 11) is 0. The molecule has 0 aliphatic carbocycles. The number of rotatable bonds is 2. The van der Waals surface area contributed by atoms with Crippen LogP contribution in [0.4, 0.5) is 4.39 Å². The van der Waals surface area contributed by atoms with Gasteiger partial charge in [-0.05, 0) is 31.9 Å². The van der Waals surface area contributed by atoms with Gasteiger partial charge in [0, 0.05) is 18.8 Å². The second-order valence-electron chi connectivity index (χ2n) is 5.21. The highest BCUT2D eigenvalue weighted by Crippen LogP contribution is 2.34. The van der Waals surface area contributed by atoms with Crippen LogP contribution in [0.3, 0.4) is 0 Å². The van der Waals surface area contributed by atoms with Crippen LogP contribution in [-0.2, 0) is 16.2 Å². The van der Waals surface area contributed by atoms with E-state index in [-0.39, 0.29) is 17.2 Å². The quantitative estimate of drug-likeness (QED) is 0.789. The smallest absolute Gasteiger partial charge is 0.151 e. The van der Waals surface area contributed by atoms with E-state index in [0.29, 0.717) is 18.7 Å². The van der Waals surface area contributed by atoms with E-state index < -0.39 is 0 Å². The average Bonchev–Trinajstić information content (AvgIpc) is 2.80. The molecule has 0 spiro atoms. The van der Waals surface area contributed by atoms with Gasteiger partial charge in [-0.1, -0.05) is 6.07 Å². The Morgan fingerprint density at radius 2 is 2.16 bits per heavy atom. The molecule has 1 aliphatic heterocycles. The van der Waals surface area contributed by atoms with E-state index in [1.165, 1.54) is 6.07 Å². The van der Waals surface area contributed by atoms with Crippen LogP contribution in [0.1, 0.15) is 25.6 Å². The lowest BCUT2D eigenvalue weighted by atomic mass is 9.91. The second kappa shape index (κ2) is 4.76. The molecular formula is C14H16ClFN2O. The molecule has 1 aromatic carbocycles. The molecule has 1 aliphatic rings. The van der Waals surface area contributed by atoms with Crippen molar-refractivity contribution in [2.75, 3.05) is 13.2 Å². The minimum absolute atomic E-state index is 0.106. The molecule has 5 heteroatoms. The van der Waals surface area contributed by atoms with Crippen LogP contribution < -0.4 is 0 Å². The molecule has 2 aromatic rings. The van der Waals surface area contributed by atoms with E-state index in [2.05, 4.69) is 16.5 Å². The first-order chi connectivity index (χ1) is 9.15. The summed E-state index contributed by atoms with van der Waals surface area (Å²) in [5, 5.41) is 0. The largest absolute Gasteiger partial charge is 0.381 e. The lowest BCUT2D eigenvalue weighted by Crippen LogP contribution is -2.37. The fraction of sp³-hybridized carbons (Fsp3) is 0.500. The lowest BCUT2D eigenvalue weighted by Gasteiger charge is -2.36. The van der Waals surface area contributed by atoms with Crippen molar-refractivity contribution in [2.24, 2.45) is 0 Å². The van der Waals surface area contributed by atoms with Gasteiger partial charge >= 0.3 is 0 Å². The Kier molecular flexibility index (Phi) is 3.23. The summed E-state index contributed by atoms with van der Waals surface area (Å²) in [5.74, 6) is 0.717. The van der Waals surface area contributed by atoms with E-state index >= 15 is 0 Å². The first-order valence-corrected chi connectivity index (χ1v) is 6.99. The van der Waals surface area contributed by atoms with Crippen LogP contribution in [0.25, 0.3) is 11.0 Å². The fourth-order valence-electron chi connectivity index (χ4n) is 2.84. The topological polar surface area (TPSA) is 27.1 Å². The molecule has 1 saturated heterocycles. The molecule has 3 rings (SSSR count). The number of aromatic nitrogens is 2. The van der Waals surface area contributed by atoms with Crippen LogP contribution in [0.2, 0.25) is 0 Å². The van der Waals surface area contributed by atoms with Gasteiger partial charge in [0.05, 0.1) is 11.4 Å². The Morgan fingerprint density at radius 1 is 1.42 bits per heavy atom. The molecule has 0 radical (unpaired) electrons. The zero-order valence-electron chi connectivity index (χ0n) is 10.8. The van der Waals surface area contributed by atoms with Crippen LogP contribution in [0.5, 0.6) is 0 Å². The van der Waals surface area contributed by atoms with Crippen molar-refractivity contribution in [3.63, 3.8) is 0 Å². The normalized spacial score (nSPS) is 18.9. The van der Waals surface area contributed by atoms with E-state index in [1.807, 2.05) is 6.07 Å². The third-order valence-corrected chi connectivity index (χ3v) is 4.17. The van der Waals surface area contributed by atoms with Gasteiger partial charge in [0.25, 0.3) is 0 Å². The maximum Gasteiger partial charge on any atom is 0.151 e. The van der Waals surface area contributed by atoms with Gasteiger partial charge in [0.15, 0.2) is 5.82 Å². The van der Waals surface area contributed by atoms with Gasteiger partial charge < -0.3 is 9.30 Å². The Balaban J connectivity index is 2.23. The molecule has 0 amide bonds. The highest BCUT2D eigenvalue weighted by atomic mass is 35.5. The van der Waals surface area contributed by atoms with Crippen LogP contribution in [-0.4, -0.2) is 22.8 Å². The van der Waals surface area contributed by atoms with Gasteiger partial charge in [0.2, 0.25) is 0 Å². The Hall–Kier alpha value is -1.13. The molecule has 0 unspecified atom stereocenters. The van der Waals surface area contributed by atoms with Crippen LogP contribution in [0, 0.1) is 5.82 Å². The van der Waals surface area contributed by atoms with Crippen molar-refractivity contribution in [3.8, 4) is 0 Å². The Bertz CT molecular complexity index is 605. The number of benzene rings is 1. The van der Waals surface area contributed by atoms with E-state index in [0.717, 1.165) is 24.2 Å². The molecule has 2 heterocycles. The fourth-order valence-corrected chi connectivity index (χ4v) is 3.02. The number of fused-ring (bicyclic) bond motifs is 1. The predicted octanol–water partition coefficient (Wildman–Crippen LogP) is 3.44. The predicted molar refractivity (Wildman–Crippen MR) is 72.9 cm³/mol. The highest BCUT2D eigenvalue weighted by Gasteiger charge is 2.33. The Labute approximate surface area is 116 Å². The lowest BCUT2D eigenvalue weighted by molar-refractivity contribution is 0.0303. The highest BCUT2D eigenvalue weighted by molar-refractivity contribution is 6.16. The van der Waals surface area contributed by atoms with Gasteiger partial charge in [0.1, 0.15) is 11.3 Å². The summed E-state index contributed by atoms with van der Waals surface area (Å²) in [6.07, 6.45) is 1.78. The number of nitrogens with zero attached hydrogens (tertiary/aromatic N) is 2. The molecule has 0 bridgehead atoms. The van der Waals surface area contributed by atoms with Gasteiger partial charge in [-0.25, -0.2) is 9.37 Å². The molecule has 19 heavy (non-hydrogen) atoms. The average molecular weight is 283 g/mol. The van der Waals surface area contributed by atoms with Crippen molar-refractivity contribution in [1.29, 1.82) is 0 Å². The SMILES string of the molecule is CC1(n2c(CCl)nc3c(F)cccc32)CCOCC1. The molecule has 1 fully saturated rings. The van der Waals surface area contributed by atoms with Crippen molar-refractivity contribution in [1.82, 2.24) is 9.55 Å². The van der Waals surface area contributed by atoms with Gasteiger partial charge in [-0.2, -0.15) is 0 Å². The maximum absolute atomic E-state index is 13.9. The minimum Gasteiger partial charge on any atom is -0.381 e. The number of hydrogen-bond donors (Lipinski definition) is 0. The molecule has 0 saturated carbocycles. The third kappa shape index (κ3) is 2.03. The van der Waals surface area contributed by atoms with E-state index in [1.54, 1.807) is 6.07 Å². The summed E-state index contributed by atoms with van der Waals surface area (Å²) in [5.41, 5.74) is 1.12. The zero-order valence-corrected chi connectivity index (χ0v) is 11.6. The molecular weight excluding hydrogens is 267 g/mol. The third-order valence-electron chi connectivity index (χ3n) is 3.93. The second-order valence-corrected chi connectivity index (χ2v) is 5.48. The minimum atomic E-state index is -0.293. The van der Waals surface area contributed by atoms with Crippen molar-refractivity contribution in [3.05, 3.63) is 29.8 Å². The van der Waals surface area contributed by atoms with Crippen molar-refractivity contribution >= 4 is 22.6 Å². The summed E-state index contributed by atoms with van der Waals surface area (Å²) in [6.45, 7) is 3.60. The van der Waals surface area contributed by atoms with Crippen LogP contribution in [0.15, 0.2) is 18.2 Å². The van der Waals surface area contributed by atoms with Crippen molar-refractivity contribution in [2.45, 2.75) is 31.2 Å². The van der Waals surface area contributed by atoms with Crippen LogP contribution >= 0.6 is 11.6 Å². The number of halogens is 2. The number of alkyl halides is 1. The summed E-state index contributed by atoms with van der Waals surface area (Å²) >= 11 is 6.00. The standard InChI is InChI=1S/C14H16ClFN2O/c1-14(5-7-19-8-6-14)18-11-4-2-3-10(16)13(11)17-12(18)9-15/h2-4H,5-9H2,1H3. The maximum atomic E-state index is 13.9. The van der Waals surface area contributed by atoms with Gasteiger partial charge in [-0.15, -0.1) is 11.6 Å². The summed E-state index contributed by atoms with van der Waals surface area (Å²) in [4.78, 5) is 4.37.